The molecule has 1 saturated heterocycles. The molecular formula is C16H24FNO3S. The van der Waals surface area contributed by atoms with Crippen LogP contribution in [0, 0.1) is 5.82 Å². The summed E-state index contributed by atoms with van der Waals surface area (Å²) in [5, 5.41) is 0. The van der Waals surface area contributed by atoms with E-state index in [0.29, 0.717) is 12.0 Å². The molecule has 0 aliphatic carbocycles. The summed E-state index contributed by atoms with van der Waals surface area (Å²) >= 11 is 0. The van der Waals surface area contributed by atoms with Crippen LogP contribution >= 0.6 is 0 Å². The fourth-order valence-electron chi connectivity index (χ4n) is 2.68. The maximum absolute atomic E-state index is 13.9. The number of sulfonamides is 1. The van der Waals surface area contributed by atoms with Gasteiger partial charge in [-0.15, -0.1) is 0 Å². The molecule has 1 aromatic carbocycles. The molecular weight excluding hydrogens is 305 g/mol. The molecule has 0 radical (unpaired) electrons. The number of nitrogens with zero attached hydrogens (tertiary/aromatic N) is 1. The Labute approximate surface area is 132 Å². The molecule has 0 N–H and O–H groups in total. The van der Waals surface area contributed by atoms with Crippen LogP contribution < -0.4 is 0 Å². The molecule has 1 unspecified atom stereocenters. The van der Waals surface area contributed by atoms with Gasteiger partial charge in [-0.05, 0) is 26.3 Å². The van der Waals surface area contributed by atoms with Crippen molar-refractivity contribution in [3.05, 3.63) is 35.6 Å². The highest BCUT2D eigenvalue weighted by Crippen LogP contribution is 2.33. The van der Waals surface area contributed by atoms with Crippen LogP contribution in [0.4, 0.5) is 4.39 Å². The second-order valence-corrected chi connectivity index (χ2v) is 8.35. The zero-order valence-electron chi connectivity index (χ0n) is 13.4. The van der Waals surface area contributed by atoms with Crippen LogP contribution in [-0.4, -0.2) is 37.2 Å². The maximum Gasteiger partial charge on any atom is 0.214 e. The van der Waals surface area contributed by atoms with Crippen molar-refractivity contribution in [1.82, 2.24) is 4.31 Å². The molecule has 0 bridgehead atoms. The summed E-state index contributed by atoms with van der Waals surface area (Å²) < 4.78 is 46.4. The number of benzene rings is 1. The standard InChI is InChI=1S/C16H24FNO3S/c1-4-5-10-22(19,20)18-11-15(21-12-16(18,2)3)13-8-6-7-9-14(13)17/h6-9,15H,4-5,10-12H2,1-3H3. The third-order valence-corrected chi connectivity index (χ3v) is 6.11. The van der Waals surface area contributed by atoms with Crippen molar-refractivity contribution in [2.75, 3.05) is 18.9 Å². The molecule has 1 aromatic rings. The van der Waals surface area contributed by atoms with Gasteiger partial charge in [0.25, 0.3) is 0 Å². The minimum absolute atomic E-state index is 0.122. The summed E-state index contributed by atoms with van der Waals surface area (Å²) in [5.41, 5.74) is -0.206. The van der Waals surface area contributed by atoms with Crippen LogP contribution in [0.5, 0.6) is 0 Å². The average molecular weight is 329 g/mol. The molecule has 6 heteroatoms. The zero-order valence-corrected chi connectivity index (χ0v) is 14.2. The highest BCUT2D eigenvalue weighted by Gasteiger charge is 2.42. The van der Waals surface area contributed by atoms with Crippen molar-refractivity contribution in [1.29, 1.82) is 0 Å². The minimum atomic E-state index is -3.38. The predicted octanol–water partition coefficient (Wildman–Crippen LogP) is 3.11. The van der Waals surface area contributed by atoms with Gasteiger partial charge in [-0.3, -0.25) is 0 Å². The lowest BCUT2D eigenvalue weighted by Gasteiger charge is -2.44. The van der Waals surface area contributed by atoms with E-state index in [4.69, 9.17) is 4.74 Å². The van der Waals surface area contributed by atoms with E-state index in [2.05, 4.69) is 0 Å². The summed E-state index contributed by atoms with van der Waals surface area (Å²) in [6.45, 7) is 6.04. The number of ether oxygens (including phenoxy) is 1. The molecule has 1 heterocycles. The van der Waals surface area contributed by atoms with Gasteiger partial charge in [-0.1, -0.05) is 31.5 Å². The normalized spacial score (nSPS) is 22.6. The van der Waals surface area contributed by atoms with Crippen LogP contribution in [-0.2, 0) is 14.8 Å². The number of rotatable bonds is 5. The Bertz CT molecular complexity index is 616. The molecule has 0 aromatic heterocycles. The van der Waals surface area contributed by atoms with Gasteiger partial charge in [0.15, 0.2) is 0 Å². The van der Waals surface area contributed by atoms with Gasteiger partial charge in [0.1, 0.15) is 5.82 Å². The van der Waals surface area contributed by atoms with Crippen molar-refractivity contribution in [2.24, 2.45) is 0 Å². The number of unbranched alkanes of at least 4 members (excludes halogenated alkanes) is 1. The summed E-state index contributed by atoms with van der Waals surface area (Å²) in [6, 6.07) is 6.36. The van der Waals surface area contributed by atoms with Gasteiger partial charge in [-0.25, -0.2) is 12.8 Å². The van der Waals surface area contributed by atoms with Crippen LogP contribution in [0.1, 0.15) is 45.3 Å². The summed E-state index contributed by atoms with van der Waals surface area (Å²) in [7, 11) is -3.38. The Morgan fingerprint density at radius 2 is 2.05 bits per heavy atom. The summed E-state index contributed by atoms with van der Waals surface area (Å²) in [5.74, 6) is -0.241. The number of morpholine rings is 1. The van der Waals surface area contributed by atoms with Gasteiger partial charge in [0.05, 0.1) is 24.0 Å². The Balaban J connectivity index is 2.26. The molecule has 0 amide bonds. The third-order valence-electron chi connectivity index (χ3n) is 3.99. The maximum atomic E-state index is 13.9. The van der Waals surface area contributed by atoms with E-state index in [1.807, 2.05) is 20.8 Å². The molecule has 1 aliphatic rings. The first kappa shape index (κ1) is 17.4. The van der Waals surface area contributed by atoms with Crippen molar-refractivity contribution in [2.45, 2.75) is 45.3 Å². The number of halogens is 1. The van der Waals surface area contributed by atoms with Gasteiger partial charge in [0.2, 0.25) is 10.0 Å². The Kier molecular flexibility index (Phi) is 5.25. The molecule has 22 heavy (non-hydrogen) atoms. The predicted molar refractivity (Wildman–Crippen MR) is 84.6 cm³/mol. The van der Waals surface area contributed by atoms with E-state index < -0.39 is 21.7 Å². The van der Waals surface area contributed by atoms with Crippen molar-refractivity contribution in [3.8, 4) is 0 Å². The first-order valence-electron chi connectivity index (χ1n) is 7.64. The number of hydrogen-bond donors (Lipinski definition) is 0. The fourth-order valence-corrected chi connectivity index (χ4v) is 4.72. The molecule has 2 rings (SSSR count). The average Bonchev–Trinajstić information content (AvgIpc) is 2.46. The Hall–Kier alpha value is -0.980. The Morgan fingerprint density at radius 3 is 2.68 bits per heavy atom. The SMILES string of the molecule is CCCCS(=O)(=O)N1CC(c2ccccc2F)OCC1(C)C. The quantitative estimate of drug-likeness (QED) is 0.834. The fraction of sp³-hybridized carbons (Fsp3) is 0.625. The lowest BCUT2D eigenvalue weighted by Crippen LogP contribution is -2.56. The largest absolute Gasteiger partial charge is 0.370 e. The summed E-state index contributed by atoms with van der Waals surface area (Å²) in [4.78, 5) is 0. The highest BCUT2D eigenvalue weighted by molar-refractivity contribution is 7.89. The lowest BCUT2D eigenvalue weighted by atomic mass is 10.0. The topological polar surface area (TPSA) is 46.6 Å². The molecule has 0 spiro atoms. The molecule has 1 fully saturated rings. The van der Waals surface area contributed by atoms with Gasteiger partial charge in [-0.2, -0.15) is 4.31 Å². The van der Waals surface area contributed by atoms with Crippen molar-refractivity contribution in [3.63, 3.8) is 0 Å². The van der Waals surface area contributed by atoms with Crippen LogP contribution in [0.3, 0.4) is 0 Å². The first-order chi connectivity index (χ1) is 10.3. The molecule has 0 saturated carbocycles. The van der Waals surface area contributed by atoms with E-state index in [1.165, 1.54) is 10.4 Å². The van der Waals surface area contributed by atoms with E-state index in [1.54, 1.807) is 18.2 Å². The van der Waals surface area contributed by atoms with E-state index in [9.17, 15) is 12.8 Å². The molecule has 124 valence electrons. The molecule has 4 nitrogen and oxygen atoms in total. The monoisotopic (exact) mass is 329 g/mol. The third kappa shape index (κ3) is 3.67. The van der Waals surface area contributed by atoms with Crippen LogP contribution in [0.15, 0.2) is 24.3 Å². The molecule has 1 atom stereocenters. The lowest BCUT2D eigenvalue weighted by molar-refractivity contribution is -0.0667. The second-order valence-electron chi connectivity index (χ2n) is 6.33. The van der Waals surface area contributed by atoms with E-state index >= 15 is 0 Å². The second kappa shape index (κ2) is 6.64. The molecule has 1 aliphatic heterocycles. The van der Waals surface area contributed by atoms with Crippen LogP contribution in [0.2, 0.25) is 0 Å². The first-order valence-corrected chi connectivity index (χ1v) is 9.25. The van der Waals surface area contributed by atoms with Crippen LogP contribution in [0.25, 0.3) is 0 Å². The summed E-state index contributed by atoms with van der Waals surface area (Å²) in [6.07, 6.45) is 0.881. The minimum Gasteiger partial charge on any atom is -0.370 e. The number of hydrogen-bond acceptors (Lipinski definition) is 3. The smallest absolute Gasteiger partial charge is 0.214 e. The zero-order chi connectivity index (χ0) is 16.4. The van der Waals surface area contributed by atoms with Crippen molar-refractivity contribution >= 4 is 10.0 Å². The van der Waals surface area contributed by atoms with Gasteiger partial charge >= 0.3 is 0 Å². The highest BCUT2D eigenvalue weighted by atomic mass is 32.2. The Morgan fingerprint density at radius 1 is 1.36 bits per heavy atom. The van der Waals surface area contributed by atoms with E-state index in [-0.39, 0.29) is 24.7 Å². The van der Waals surface area contributed by atoms with Gasteiger partial charge < -0.3 is 4.74 Å². The van der Waals surface area contributed by atoms with E-state index in [0.717, 1.165) is 6.42 Å². The van der Waals surface area contributed by atoms with Gasteiger partial charge in [0, 0.05) is 12.1 Å². The van der Waals surface area contributed by atoms with Crippen molar-refractivity contribution < 1.29 is 17.5 Å².